The Hall–Kier alpha value is -2.29. The van der Waals surface area contributed by atoms with Gasteiger partial charge < -0.3 is 14.5 Å². The third-order valence-corrected chi connectivity index (χ3v) is 5.48. The summed E-state index contributed by atoms with van der Waals surface area (Å²) in [5.41, 5.74) is -0.750. The van der Waals surface area contributed by atoms with Gasteiger partial charge in [-0.05, 0) is 38.0 Å². The van der Waals surface area contributed by atoms with Crippen molar-refractivity contribution in [1.82, 2.24) is 14.7 Å². The monoisotopic (exact) mass is 413 g/mol. The van der Waals surface area contributed by atoms with Crippen molar-refractivity contribution in [3.05, 3.63) is 35.4 Å². The van der Waals surface area contributed by atoms with Crippen LogP contribution in [0.4, 0.5) is 18.0 Å². The summed E-state index contributed by atoms with van der Waals surface area (Å²) < 4.78 is 43.9. The molecule has 0 radical (unpaired) electrons. The second-order valence-electron chi connectivity index (χ2n) is 7.35. The molecule has 2 amide bonds. The largest absolute Gasteiger partial charge is 0.450 e. The number of alkyl halides is 3. The van der Waals surface area contributed by atoms with Crippen molar-refractivity contribution in [3.8, 4) is 0 Å². The quantitative estimate of drug-likeness (QED) is 0.764. The fourth-order valence-corrected chi connectivity index (χ4v) is 3.93. The van der Waals surface area contributed by atoms with E-state index in [-0.39, 0.29) is 23.6 Å². The number of piperidine rings is 1. The predicted molar refractivity (Wildman–Crippen MR) is 101 cm³/mol. The zero-order chi connectivity index (χ0) is 21.0. The third-order valence-electron chi connectivity index (χ3n) is 5.48. The molecular formula is C20H26F3N3O3. The molecule has 3 rings (SSSR count). The first kappa shape index (κ1) is 21.4. The van der Waals surface area contributed by atoms with E-state index < -0.39 is 11.7 Å². The molecule has 0 N–H and O–H groups in total. The minimum absolute atomic E-state index is 0.0626. The van der Waals surface area contributed by atoms with Gasteiger partial charge in [0, 0.05) is 50.9 Å². The zero-order valence-corrected chi connectivity index (χ0v) is 16.5. The predicted octanol–water partition coefficient (Wildman–Crippen LogP) is 3.08. The minimum Gasteiger partial charge on any atom is -0.450 e. The number of carbonyl (C=O) groups is 2. The molecule has 2 aliphatic rings. The van der Waals surface area contributed by atoms with Crippen LogP contribution in [0.25, 0.3) is 0 Å². The maximum atomic E-state index is 12.9. The van der Waals surface area contributed by atoms with E-state index in [1.54, 1.807) is 16.7 Å². The van der Waals surface area contributed by atoms with Gasteiger partial charge in [-0.1, -0.05) is 6.07 Å². The smallest absolute Gasteiger partial charge is 0.416 e. The minimum atomic E-state index is -4.47. The van der Waals surface area contributed by atoms with Crippen LogP contribution in [0.2, 0.25) is 0 Å². The Morgan fingerprint density at radius 1 is 1.10 bits per heavy atom. The van der Waals surface area contributed by atoms with Crippen molar-refractivity contribution < 1.29 is 27.5 Å². The Bertz CT molecular complexity index is 733. The van der Waals surface area contributed by atoms with E-state index in [0.717, 1.165) is 25.0 Å². The van der Waals surface area contributed by atoms with Crippen LogP contribution in [0.5, 0.6) is 0 Å². The van der Waals surface area contributed by atoms with Gasteiger partial charge in [0.2, 0.25) is 0 Å². The van der Waals surface area contributed by atoms with Gasteiger partial charge in [0.15, 0.2) is 0 Å². The van der Waals surface area contributed by atoms with E-state index in [9.17, 15) is 22.8 Å². The lowest BCUT2D eigenvalue weighted by Crippen LogP contribution is -2.56. The van der Waals surface area contributed by atoms with Crippen molar-refractivity contribution in [2.45, 2.75) is 32.0 Å². The number of rotatable bonds is 3. The molecule has 1 aromatic rings. The Morgan fingerprint density at radius 2 is 1.83 bits per heavy atom. The molecule has 0 aromatic heterocycles. The van der Waals surface area contributed by atoms with Crippen molar-refractivity contribution in [2.75, 3.05) is 45.9 Å². The zero-order valence-electron chi connectivity index (χ0n) is 16.5. The molecule has 0 saturated carbocycles. The maximum absolute atomic E-state index is 12.9. The third kappa shape index (κ3) is 5.20. The highest BCUT2D eigenvalue weighted by Gasteiger charge is 2.33. The highest BCUT2D eigenvalue weighted by molar-refractivity contribution is 5.94. The highest BCUT2D eigenvalue weighted by Crippen LogP contribution is 2.30. The Balaban J connectivity index is 1.60. The topological polar surface area (TPSA) is 53.1 Å². The van der Waals surface area contributed by atoms with Crippen LogP contribution in [0, 0.1) is 0 Å². The molecule has 2 fully saturated rings. The number of halogens is 3. The van der Waals surface area contributed by atoms with Gasteiger partial charge in [0.25, 0.3) is 5.91 Å². The van der Waals surface area contributed by atoms with Gasteiger partial charge in [0.1, 0.15) is 0 Å². The number of piperazine rings is 1. The summed E-state index contributed by atoms with van der Waals surface area (Å²) in [6.45, 7) is 5.64. The van der Waals surface area contributed by atoms with Crippen LogP contribution in [0.1, 0.15) is 35.7 Å². The molecule has 0 aliphatic carbocycles. The molecule has 1 atom stereocenters. The molecule has 0 bridgehead atoms. The number of hydrogen-bond donors (Lipinski definition) is 0. The van der Waals surface area contributed by atoms with Crippen LogP contribution in [-0.2, 0) is 10.9 Å². The van der Waals surface area contributed by atoms with Crippen LogP contribution in [0.15, 0.2) is 24.3 Å². The lowest BCUT2D eigenvalue weighted by molar-refractivity contribution is -0.137. The normalized spacial score (nSPS) is 21.2. The first-order valence-electron chi connectivity index (χ1n) is 9.92. The van der Waals surface area contributed by atoms with Crippen molar-refractivity contribution in [1.29, 1.82) is 0 Å². The first-order chi connectivity index (χ1) is 13.8. The highest BCUT2D eigenvalue weighted by atomic mass is 19.4. The summed E-state index contributed by atoms with van der Waals surface area (Å²) in [7, 11) is 0. The molecule has 29 heavy (non-hydrogen) atoms. The summed E-state index contributed by atoms with van der Waals surface area (Å²) in [6, 6.07) is 4.73. The average Bonchev–Trinajstić information content (AvgIpc) is 2.73. The van der Waals surface area contributed by atoms with Crippen LogP contribution in [-0.4, -0.2) is 78.6 Å². The number of likely N-dealkylation sites (tertiary alicyclic amines) is 1. The number of benzene rings is 1. The van der Waals surface area contributed by atoms with Crippen LogP contribution < -0.4 is 0 Å². The van der Waals surface area contributed by atoms with E-state index in [1.165, 1.54) is 12.1 Å². The SMILES string of the molecule is CCOC(=O)N1CCN(C2CCCN(C(=O)c3cccc(C(F)(F)F)c3)C2)CC1. The van der Waals surface area contributed by atoms with Gasteiger partial charge in [-0.25, -0.2) is 4.79 Å². The van der Waals surface area contributed by atoms with Gasteiger partial charge in [-0.15, -0.1) is 0 Å². The molecule has 0 spiro atoms. The summed E-state index contributed by atoms with van der Waals surface area (Å²) in [6.07, 6.45) is -3.06. The molecule has 2 heterocycles. The summed E-state index contributed by atoms with van der Waals surface area (Å²) in [5, 5.41) is 0. The van der Waals surface area contributed by atoms with Crippen molar-refractivity contribution >= 4 is 12.0 Å². The number of carbonyl (C=O) groups excluding carboxylic acids is 2. The summed E-state index contributed by atoms with van der Waals surface area (Å²) in [5.74, 6) is -0.369. The Labute approximate surface area is 168 Å². The standard InChI is InChI=1S/C20H26F3N3O3/c1-2-29-19(28)25-11-9-24(10-12-25)17-7-4-8-26(14-17)18(27)15-5-3-6-16(13-15)20(21,22)23/h3,5-6,13,17H,2,4,7-12,14H2,1H3. The molecule has 160 valence electrons. The molecule has 6 nitrogen and oxygen atoms in total. The first-order valence-corrected chi connectivity index (χ1v) is 9.92. The second kappa shape index (κ2) is 9.02. The molecule has 2 aliphatic heterocycles. The number of amides is 2. The molecule has 1 aromatic carbocycles. The fourth-order valence-electron chi connectivity index (χ4n) is 3.93. The Kier molecular flexibility index (Phi) is 6.66. The molecule has 2 saturated heterocycles. The van der Waals surface area contributed by atoms with E-state index in [4.69, 9.17) is 4.74 Å². The maximum Gasteiger partial charge on any atom is 0.416 e. The van der Waals surface area contributed by atoms with Gasteiger partial charge in [0.05, 0.1) is 12.2 Å². The van der Waals surface area contributed by atoms with E-state index in [0.29, 0.717) is 45.9 Å². The lowest BCUT2D eigenvalue weighted by Gasteiger charge is -2.43. The number of nitrogens with zero attached hydrogens (tertiary/aromatic N) is 3. The van der Waals surface area contributed by atoms with E-state index in [1.807, 2.05) is 0 Å². The van der Waals surface area contributed by atoms with E-state index >= 15 is 0 Å². The van der Waals surface area contributed by atoms with Gasteiger partial charge in [-0.3, -0.25) is 9.69 Å². The van der Waals surface area contributed by atoms with Crippen LogP contribution in [0.3, 0.4) is 0 Å². The second-order valence-corrected chi connectivity index (χ2v) is 7.35. The van der Waals surface area contributed by atoms with Gasteiger partial charge in [-0.2, -0.15) is 13.2 Å². The molecular weight excluding hydrogens is 387 g/mol. The van der Waals surface area contributed by atoms with Crippen molar-refractivity contribution in [2.24, 2.45) is 0 Å². The average molecular weight is 413 g/mol. The summed E-state index contributed by atoms with van der Waals surface area (Å²) in [4.78, 5) is 30.2. The van der Waals surface area contributed by atoms with Gasteiger partial charge >= 0.3 is 12.3 Å². The molecule has 1 unspecified atom stereocenters. The number of ether oxygens (including phenoxy) is 1. The van der Waals surface area contributed by atoms with Crippen LogP contribution >= 0.6 is 0 Å². The Morgan fingerprint density at radius 3 is 2.48 bits per heavy atom. The summed E-state index contributed by atoms with van der Waals surface area (Å²) >= 11 is 0. The number of hydrogen-bond acceptors (Lipinski definition) is 4. The molecule has 9 heteroatoms. The van der Waals surface area contributed by atoms with E-state index in [2.05, 4.69) is 4.90 Å². The lowest BCUT2D eigenvalue weighted by atomic mass is 10.0. The fraction of sp³-hybridized carbons (Fsp3) is 0.600. The van der Waals surface area contributed by atoms with Crippen molar-refractivity contribution in [3.63, 3.8) is 0 Å².